The number of rotatable bonds is 10. The summed E-state index contributed by atoms with van der Waals surface area (Å²) in [6.45, 7) is 0. The van der Waals surface area contributed by atoms with Gasteiger partial charge >= 0.3 is 35.8 Å². The number of carboxylic acids is 6. The molecule has 6 radical (unpaired) electrons. The van der Waals surface area contributed by atoms with Gasteiger partial charge in [-0.25, -0.2) is 19.2 Å². The van der Waals surface area contributed by atoms with Crippen molar-refractivity contribution in [2.45, 2.75) is 36.3 Å². The molecule has 0 aromatic carbocycles. The van der Waals surface area contributed by atoms with Crippen molar-refractivity contribution in [3.8, 4) is 0 Å². The van der Waals surface area contributed by atoms with Crippen molar-refractivity contribution in [1.29, 1.82) is 0 Å². The van der Waals surface area contributed by atoms with E-state index in [4.69, 9.17) is 51.1 Å². The van der Waals surface area contributed by atoms with Crippen LogP contribution in [0, 0.1) is 0 Å². The molecular weight excluding hydrogens is 473 g/mol. The lowest BCUT2D eigenvalue weighted by Gasteiger charge is -2.23. The highest BCUT2D eigenvalue weighted by molar-refractivity contribution is 5.91. The van der Waals surface area contributed by atoms with Gasteiger partial charge in [-0.1, -0.05) is 0 Å². The van der Waals surface area contributed by atoms with E-state index >= 15 is 0 Å². The predicted octanol–water partition coefficient (Wildman–Crippen LogP) is -5.70. The number of aliphatic carboxylic acids is 6. The minimum atomic E-state index is -3.22. The highest BCUT2D eigenvalue weighted by Gasteiger charge is 2.50. The lowest BCUT2D eigenvalue weighted by molar-refractivity contribution is -0.187. The molecule has 31 heavy (non-hydrogen) atoms. The van der Waals surface area contributed by atoms with Crippen LogP contribution < -0.4 is 0 Å². The van der Waals surface area contributed by atoms with Crippen molar-refractivity contribution in [2.75, 3.05) is 0 Å². The smallest absolute Gasteiger partial charge is 0.339 e. The Labute approximate surface area is 219 Å². The third kappa shape index (κ3) is 12.5. The van der Waals surface area contributed by atoms with E-state index in [1.54, 1.807) is 0 Å². The van der Waals surface area contributed by atoms with Gasteiger partial charge in [0.15, 0.2) is 12.2 Å². The lowest BCUT2D eigenvalue weighted by atomic mass is 9.93. The van der Waals surface area contributed by atoms with Gasteiger partial charge in [-0.15, -0.1) is 0 Å². The Morgan fingerprint density at radius 1 is 0.548 bits per heavy atom. The largest absolute Gasteiger partial charge is 0.481 e. The average molecular weight is 489 g/mol. The summed E-state index contributed by atoms with van der Waals surface area (Å²) in [5, 5.41) is 85.3. The summed E-state index contributed by atoms with van der Waals surface area (Å²) in [5.74, 6) is -11.7. The number of hydrogen-bond donors (Lipinski definition) is 10. The van der Waals surface area contributed by atoms with E-state index in [1.807, 2.05) is 0 Å². The molecule has 0 spiro atoms. The Morgan fingerprint density at radius 3 is 0.839 bits per heavy atom. The molecule has 0 rings (SSSR count). The topological polar surface area (TPSA) is 305 Å². The second-order valence-corrected chi connectivity index (χ2v) is 5.08. The van der Waals surface area contributed by atoms with Crippen LogP contribution in [0.2, 0.25) is 0 Å². The van der Waals surface area contributed by atoms with Crippen molar-refractivity contribution in [2.24, 2.45) is 0 Å². The van der Waals surface area contributed by atoms with Gasteiger partial charge in [-0.05, 0) is 0 Å². The molecule has 0 aliphatic carbocycles. The number of aliphatic hydroxyl groups excluding tert-OH is 2. The minimum Gasteiger partial charge on any atom is -0.481 e. The lowest BCUT2D eigenvalue weighted by Crippen LogP contribution is -2.54. The van der Waals surface area contributed by atoms with Crippen LogP contribution in [-0.4, -0.2) is 179 Å². The molecule has 0 aromatic rings. The Hall–Kier alpha value is -1.04. The fraction of sp³-hybridized carbons (Fsp3) is 0.500. The first-order valence-electron chi connectivity index (χ1n) is 6.60. The Kier molecular flexibility index (Phi) is 21.6. The quantitative estimate of drug-likeness (QED) is 0.128. The van der Waals surface area contributed by atoms with Gasteiger partial charge in [0.05, 0.1) is 12.8 Å². The molecule has 0 saturated carbocycles. The molecule has 0 bridgehead atoms. The highest BCUT2D eigenvalue weighted by Crippen LogP contribution is 2.17. The first-order chi connectivity index (χ1) is 12.4. The maximum Gasteiger partial charge on any atom is 0.339 e. The number of aliphatic hydroxyl groups is 4. The van der Waals surface area contributed by atoms with E-state index in [1.165, 1.54) is 0 Å². The van der Waals surface area contributed by atoms with Crippen molar-refractivity contribution < 1.29 is 79.8 Å². The molecule has 10 N–H and O–H groups in total. The fourth-order valence-electron chi connectivity index (χ4n) is 1.45. The molecule has 4 atom stereocenters. The van der Waals surface area contributed by atoms with Crippen LogP contribution in [0.3, 0.4) is 0 Å². The van der Waals surface area contributed by atoms with Crippen LogP contribution in [0.25, 0.3) is 0 Å². The van der Waals surface area contributed by atoms with Gasteiger partial charge in [0.1, 0.15) is 0 Å². The summed E-state index contributed by atoms with van der Waals surface area (Å²) < 4.78 is 0. The molecule has 16 nitrogen and oxygen atoms in total. The van der Waals surface area contributed by atoms with Gasteiger partial charge in [0.2, 0.25) is 11.2 Å². The van der Waals surface area contributed by atoms with Crippen LogP contribution in [0.5, 0.6) is 0 Å². The molecule has 0 aliphatic rings. The van der Waals surface area contributed by atoms with E-state index < -0.39 is 72.1 Å². The first kappa shape index (κ1) is 40.3. The fourth-order valence-corrected chi connectivity index (χ4v) is 1.45. The third-order valence-electron chi connectivity index (χ3n) is 2.95. The van der Waals surface area contributed by atoms with E-state index in [-0.39, 0.29) is 69.2 Å². The standard InChI is InChI=1S/2C6H8O8.3Mg/c2*7-2(8)1-6(14,5(12)13)3(9)4(10)11;;;/h2*3,9,14H,1H2,(H,7,8)(H,10,11)(H,12,13);;;/t2*3-,6+;;;/m11.../s1. The zero-order valence-electron chi connectivity index (χ0n) is 15.6. The molecule has 0 unspecified atom stereocenters. The van der Waals surface area contributed by atoms with E-state index in [0.29, 0.717) is 0 Å². The Balaban J connectivity index is -0.000000133. The highest BCUT2D eigenvalue weighted by atomic mass is 24.3. The second kappa shape index (κ2) is 16.6. The maximum atomic E-state index is 10.4. The van der Waals surface area contributed by atoms with Crippen LogP contribution in [0.1, 0.15) is 12.8 Å². The molecule has 166 valence electrons. The predicted molar refractivity (Wildman–Crippen MR) is 94.2 cm³/mol. The monoisotopic (exact) mass is 488 g/mol. The molecule has 19 heteroatoms. The van der Waals surface area contributed by atoms with Gasteiger partial charge in [0.25, 0.3) is 0 Å². The molecule has 0 amide bonds. The van der Waals surface area contributed by atoms with E-state index in [2.05, 4.69) is 0 Å². The summed E-state index contributed by atoms with van der Waals surface area (Å²) >= 11 is 0. The third-order valence-corrected chi connectivity index (χ3v) is 2.95. The Bertz CT molecular complexity index is 612. The Morgan fingerprint density at radius 2 is 0.742 bits per heavy atom. The van der Waals surface area contributed by atoms with Crippen LogP contribution >= 0.6 is 0 Å². The van der Waals surface area contributed by atoms with Gasteiger partial charge < -0.3 is 51.1 Å². The van der Waals surface area contributed by atoms with E-state index in [9.17, 15) is 28.8 Å². The minimum absolute atomic E-state index is 0. The van der Waals surface area contributed by atoms with Crippen molar-refractivity contribution >= 4 is 105 Å². The summed E-state index contributed by atoms with van der Waals surface area (Å²) in [4.78, 5) is 61.3. The summed E-state index contributed by atoms with van der Waals surface area (Å²) in [6, 6.07) is 0. The van der Waals surface area contributed by atoms with Crippen LogP contribution in [-0.2, 0) is 28.8 Å². The normalized spacial score (nSPS) is 15.1. The van der Waals surface area contributed by atoms with Gasteiger partial charge in [0, 0.05) is 69.2 Å². The second-order valence-electron chi connectivity index (χ2n) is 5.08. The van der Waals surface area contributed by atoms with E-state index in [0.717, 1.165) is 0 Å². The molecule has 0 heterocycles. The maximum absolute atomic E-state index is 10.4. The summed E-state index contributed by atoms with van der Waals surface area (Å²) in [7, 11) is 0. The van der Waals surface area contributed by atoms with Gasteiger partial charge in [-0.3, -0.25) is 9.59 Å². The number of carbonyl (C=O) groups is 6. The SMILES string of the molecule is O=C(O)C[C@@](O)(C(=O)O)[C@H](O)C(=O)O.O=C(O)C[C@@](O)(C(=O)O)[C@H](O)C(=O)O.[Mg].[Mg].[Mg]. The summed E-state index contributed by atoms with van der Waals surface area (Å²) in [6.07, 6.45) is -8.21. The molecule has 0 fully saturated rings. The molecule has 0 aromatic heterocycles. The van der Waals surface area contributed by atoms with Crippen molar-refractivity contribution in [1.82, 2.24) is 0 Å². The molecule has 0 saturated heterocycles. The van der Waals surface area contributed by atoms with Gasteiger partial charge in [-0.2, -0.15) is 0 Å². The average Bonchev–Trinajstić information content (AvgIpc) is 2.51. The molecular formula is C12H16Mg3O16. The molecule has 0 aliphatic heterocycles. The van der Waals surface area contributed by atoms with Crippen molar-refractivity contribution in [3.63, 3.8) is 0 Å². The number of carboxylic acid groups (broad SMARTS) is 6. The first-order valence-corrected chi connectivity index (χ1v) is 6.60. The van der Waals surface area contributed by atoms with Crippen LogP contribution in [0.15, 0.2) is 0 Å². The number of hydrogen-bond acceptors (Lipinski definition) is 10. The zero-order valence-corrected chi connectivity index (χ0v) is 19.9. The van der Waals surface area contributed by atoms with Crippen molar-refractivity contribution in [3.05, 3.63) is 0 Å². The van der Waals surface area contributed by atoms with Crippen LogP contribution in [0.4, 0.5) is 0 Å². The zero-order chi connectivity index (χ0) is 23.0. The summed E-state index contributed by atoms with van der Waals surface area (Å²) in [5.41, 5.74) is -6.45.